The number of nitrogens with one attached hydrogen (secondary N) is 1. The van der Waals surface area contributed by atoms with E-state index in [1.807, 2.05) is 0 Å². The summed E-state index contributed by atoms with van der Waals surface area (Å²) in [6.07, 6.45) is 0. The van der Waals surface area contributed by atoms with Gasteiger partial charge in [0.05, 0.1) is 16.9 Å². The third kappa shape index (κ3) is 3.33. The normalized spacial score (nSPS) is 10.3. The van der Waals surface area contributed by atoms with Crippen LogP contribution in [0.4, 0.5) is 15.8 Å². The highest BCUT2D eigenvalue weighted by atomic mass is 79.9. The van der Waals surface area contributed by atoms with Gasteiger partial charge < -0.3 is 11.1 Å². The summed E-state index contributed by atoms with van der Waals surface area (Å²) in [5, 5.41) is 2.57. The second-order valence-electron chi connectivity index (χ2n) is 3.81. The Morgan fingerprint density at radius 1 is 1.11 bits per heavy atom. The van der Waals surface area contributed by atoms with Crippen LogP contribution in [0.3, 0.4) is 0 Å². The molecule has 0 aliphatic rings. The van der Waals surface area contributed by atoms with Crippen molar-refractivity contribution in [3.8, 4) is 0 Å². The van der Waals surface area contributed by atoms with E-state index < -0.39 is 11.7 Å². The van der Waals surface area contributed by atoms with Crippen LogP contribution in [-0.2, 0) is 0 Å². The number of hydrogen-bond donors (Lipinski definition) is 2. The van der Waals surface area contributed by atoms with Crippen LogP contribution in [0.15, 0.2) is 45.3 Å². The molecule has 0 unspecified atom stereocenters. The summed E-state index contributed by atoms with van der Waals surface area (Å²) in [7, 11) is 0. The van der Waals surface area contributed by atoms with Gasteiger partial charge in [-0.15, -0.1) is 0 Å². The number of rotatable bonds is 2. The molecular formula is C13H9Br2FN2O. The molecule has 0 heterocycles. The molecule has 2 aromatic carbocycles. The van der Waals surface area contributed by atoms with Gasteiger partial charge in [0.25, 0.3) is 5.91 Å². The molecule has 0 saturated heterocycles. The van der Waals surface area contributed by atoms with Crippen molar-refractivity contribution in [2.24, 2.45) is 0 Å². The molecule has 0 atom stereocenters. The maximum atomic E-state index is 13.6. The molecule has 3 N–H and O–H groups in total. The summed E-state index contributed by atoms with van der Waals surface area (Å²) in [5.74, 6) is -1.14. The van der Waals surface area contributed by atoms with E-state index in [0.717, 1.165) is 4.47 Å². The van der Waals surface area contributed by atoms with E-state index in [0.29, 0.717) is 15.8 Å². The van der Waals surface area contributed by atoms with Crippen molar-refractivity contribution in [2.75, 3.05) is 11.1 Å². The van der Waals surface area contributed by atoms with Crippen molar-refractivity contribution >= 4 is 49.1 Å². The Bertz CT molecular complexity index is 647. The Morgan fingerprint density at radius 3 is 2.37 bits per heavy atom. The van der Waals surface area contributed by atoms with Crippen LogP contribution in [0.25, 0.3) is 0 Å². The SMILES string of the molecule is Nc1cc(Br)ccc1NC(=O)c1ccc(Br)cc1F. The summed E-state index contributed by atoms with van der Waals surface area (Å²) < 4.78 is 15.0. The van der Waals surface area contributed by atoms with Crippen molar-refractivity contribution in [1.29, 1.82) is 0 Å². The number of nitrogens with two attached hydrogens (primary N) is 1. The molecule has 2 rings (SSSR count). The van der Waals surface area contributed by atoms with Crippen molar-refractivity contribution in [1.82, 2.24) is 0 Å². The zero-order valence-corrected chi connectivity index (χ0v) is 12.8. The maximum Gasteiger partial charge on any atom is 0.258 e. The summed E-state index contributed by atoms with van der Waals surface area (Å²) >= 11 is 6.40. The molecule has 0 aliphatic carbocycles. The Balaban J connectivity index is 2.25. The van der Waals surface area contributed by atoms with Crippen LogP contribution in [0, 0.1) is 5.82 Å². The lowest BCUT2D eigenvalue weighted by Crippen LogP contribution is -2.14. The highest BCUT2D eigenvalue weighted by Crippen LogP contribution is 2.24. The molecule has 3 nitrogen and oxygen atoms in total. The van der Waals surface area contributed by atoms with Gasteiger partial charge in [-0.3, -0.25) is 4.79 Å². The number of benzene rings is 2. The summed E-state index contributed by atoms with van der Waals surface area (Å²) in [6, 6.07) is 9.29. The lowest BCUT2D eigenvalue weighted by molar-refractivity contribution is 0.102. The van der Waals surface area contributed by atoms with Crippen molar-refractivity contribution in [3.63, 3.8) is 0 Å². The van der Waals surface area contributed by atoms with Gasteiger partial charge in [0, 0.05) is 8.95 Å². The van der Waals surface area contributed by atoms with Gasteiger partial charge in [0.1, 0.15) is 5.82 Å². The molecule has 0 saturated carbocycles. The summed E-state index contributed by atoms with van der Waals surface area (Å²) in [4.78, 5) is 11.9. The minimum Gasteiger partial charge on any atom is -0.397 e. The third-order valence-corrected chi connectivity index (χ3v) is 3.42. The van der Waals surface area contributed by atoms with Gasteiger partial charge in [-0.05, 0) is 36.4 Å². The van der Waals surface area contributed by atoms with Gasteiger partial charge in [-0.1, -0.05) is 31.9 Å². The first-order valence-electron chi connectivity index (χ1n) is 5.29. The van der Waals surface area contributed by atoms with Crippen LogP contribution in [-0.4, -0.2) is 5.91 Å². The van der Waals surface area contributed by atoms with E-state index >= 15 is 0 Å². The Morgan fingerprint density at radius 2 is 1.74 bits per heavy atom. The summed E-state index contributed by atoms with van der Waals surface area (Å²) in [5.41, 5.74) is 6.57. The molecule has 2 aromatic rings. The summed E-state index contributed by atoms with van der Waals surface area (Å²) in [6.45, 7) is 0. The quantitative estimate of drug-likeness (QED) is 0.759. The van der Waals surface area contributed by atoms with E-state index in [9.17, 15) is 9.18 Å². The maximum absolute atomic E-state index is 13.6. The molecule has 0 spiro atoms. The number of carbonyl (C=O) groups is 1. The second-order valence-corrected chi connectivity index (χ2v) is 5.64. The van der Waals surface area contributed by atoms with Gasteiger partial charge >= 0.3 is 0 Å². The van der Waals surface area contributed by atoms with E-state index in [1.165, 1.54) is 12.1 Å². The first kappa shape index (κ1) is 14.0. The highest BCUT2D eigenvalue weighted by molar-refractivity contribution is 9.10. The van der Waals surface area contributed by atoms with E-state index in [4.69, 9.17) is 5.73 Å². The lowest BCUT2D eigenvalue weighted by atomic mass is 10.2. The predicted octanol–water partition coefficient (Wildman–Crippen LogP) is 4.19. The molecule has 0 aromatic heterocycles. The van der Waals surface area contributed by atoms with Crippen LogP contribution >= 0.6 is 31.9 Å². The van der Waals surface area contributed by atoms with E-state index in [2.05, 4.69) is 37.2 Å². The smallest absolute Gasteiger partial charge is 0.258 e. The number of hydrogen-bond acceptors (Lipinski definition) is 2. The first-order valence-corrected chi connectivity index (χ1v) is 6.87. The van der Waals surface area contributed by atoms with Gasteiger partial charge in [-0.25, -0.2) is 4.39 Å². The largest absolute Gasteiger partial charge is 0.397 e. The molecule has 98 valence electrons. The Labute approximate surface area is 126 Å². The molecular weight excluding hydrogens is 379 g/mol. The number of halogens is 3. The number of amides is 1. The molecule has 6 heteroatoms. The minimum absolute atomic E-state index is 0.0366. The Hall–Kier alpha value is -1.40. The fourth-order valence-electron chi connectivity index (χ4n) is 1.51. The highest BCUT2D eigenvalue weighted by Gasteiger charge is 2.13. The lowest BCUT2D eigenvalue weighted by Gasteiger charge is -2.09. The van der Waals surface area contributed by atoms with Gasteiger partial charge in [0.15, 0.2) is 0 Å². The molecule has 19 heavy (non-hydrogen) atoms. The molecule has 0 aliphatic heterocycles. The van der Waals surface area contributed by atoms with Crippen LogP contribution in [0.5, 0.6) is 0 Å². The molecule has 0 bridgehead atoms. The molecule has 1 amide bonds. The van der Waals surface area contributed by atoms with Crippen molar-refractivity contribution in [3.05, 3.63) is 56.7 Å². The van der Waals surface area contributed by atoms with E-state index in [-0.39, 0.29) is 5.56 Å². The number of anilines is 2. The van der Waals surface area contributed by atoms with Crippen molar-refractivity contribution < 1.29 is 9.18 Å². The third-order valence-electron chi connectivity index (χ3n) is 2.44. The average molecular weight is 388 g/mol. The van der Waals surface area contributed by atoms with Gasteiger partial charge in [-0.2, -0.15) is 0 Å². The zero-order chi connectivity index (χ0) is 14.0. The van der Waals surface area contributed by atoms with E-state index in [1.54, 1.807) is 24.3 Å². The fraction of sp³-hybridized carbons (Fsp3) is 0. The van der Waals surface area contributed by atoms with Crippen LogP contribution in [0.2, 0.25) is 0 Å². The average Bonchev–Trinajstić information content (AvgIpc) is 2.32. The minimum atomic E-state index is -0.595. The van der Waals surface area contributed by atoms with Crippen molar-refractivity contribution in [2.45, 2.75) is 0 Å². The van der Waals surface area contributed by atoms with Crippen LogP contribution in [0.1, 0.15) is 10.4 Å². The van der Waals surface area contributed by atoms with Crippen LogP contribution < -0.4 is 11.1 Å². The molecule has 0 radical (unpaired) electrons. The standard InChI is InChI=1S/C13H9Br2FN2O/c14-7-1-3-9(10(16)5-7)13(19)18-12-4-2-8(15)6-11(12)17/h1-6H,17H2,(H,18,19). The fourth-order valence-corrected chi connectivity index (χ4v) is 2.22. The topological polar surface area (TPSA) is 55.1 Å². The second kappa shape index (κ2) is 5.71. The number of carbonyl (C=O) groups excluding carboxylic acids is 1. The number of nitrogen functional groups attached to an aromatic ring is 1. The molecule has 0 fully saturated rings. The van der Waals surface area contributed by atoms with Gasteiger partial charge in [0.2, 0.25) is 0 Å². The zero-order valence-electron chi connectivity index (χ0n) is 9.58. The first-order chi connectivity index (χ1) is 8.97. The Kier molecular flexibility index (Phi) is 4.21. The monoisotopic (exact) mass is 386 g/mol. The predicted molar refractivity (Wildman–Crippen MR) is 80.6 cm³/mol.